The highest BCUT2D eigenvalue weighted by Crippen LogP contribution is 2.41. The predicted octanol–water partition coefficient (Wildman–Crippen LogP) is 3.78. The first-order valence-electron chi connectivity index (χ1n) is 3.96. The number of rotatable bonds is 2. The Morgan fingerprint density at radius 1 is 1.44 bits per heavy atom. The van der Waals surface area contributed by atoms with Gasteiger partial charge in [0.15, 0.2) is 0 Å². The molecule has 0 unspecified atom stereocenters. The summed E-state index contributed by atoms with van der Waals surface area (Å²) in [7, 11) is 0. The summed E-state index contributed by atoms with van der Waals surface area (Å²) < 4.78 is 38.1. The summed E-state index contributed by atoms with van der Waals surface area (Å²) in [5.41, 5.74) is -1.98. The molecule has 0 aromatic heterocycles. The molecule has 88 valence electrons. The van der Waals surface area contributed by atoms with Gasteiger partial charge in [-0.2, -0.15) is 13.2 Å². The minimum atomic E-state index is -4.74. The van der Waals surface area contributed by atoms with E-state index in [9.17, 15) is 18.0 Å². The zero-order chi connectivity index (χ0) is 12.5. The molecule has 0 spiro atoms. The average molecular weight is 271 g/mol. The van der Waals surface area contributed by atoms with Crippen molar-refractivity contribution in [3.8, 4) is 0 Å². The summed E-state index contributed by atoms with van der Waals surface area (Å²) in [5.74, 6) is -1.63. The van der Waals surface area contributed by atoms with Gasteiger partial charge in [0.1, 0.15) is 0 Å². The van der Waals surface area contributed by atoms with E-state index in [1.807, 2.05) is 0 Å². The van der Waals surface area contributed by atoms with Gasteiger partial charge in [0.05, 0.1) is 16.1 Å². The number of benzene rings is 1. The first kappa shape index (κ1) is 13.2. The molecule has 2 nitrogen and oxygen atoms in total. The second-order valence-electron chi connectivity index (χ2n) is 2.81. The summed E-state index contributed by atoms with van der Waals surface area (Å²) in [6.45, 7) is 0. The molecule has 1 N–H and O–H groups in total. The first-order chi connectivity index (χ1) is 7.29. The van der Waals surface area contributed by atoms with Crippen molar-refractivity contribution in [3.63, 3.8) is 0 Å². The second kappa shape index (κ2) is 4.55. The Labute approximate surface area is 98.4 Å². The molecule has 0 atom stereocenters. The zero-order valence-electron chi connectivity index (χ0n) is 7.93. The Morgan fingerprint density at radius 2 is 2.00 bits per heavy atom. The molecule has 0 bridgehead atoms. The largest absolute Gasteiger partial charge is 0.478 e. The molecule has 0 heterocycles. The molecule has 0 saturated heterocycles. The molecule has 0 radical (unpaired) electrons. The van der Waals surface area contributed by atoms with E-state index < -0.39 is 23.3 Å². The molecular weight excluding hydrogens is 265 g/mol. The van der Waals surface area contributed by atoms with Gasteiger partial charge in [-0.3, -0.25) is 0 Å². The van der Waals surface area contributed by atoms with Crippen LogP contribution < -0.4 is 0 Å². The van der Waals surface area contributed by atoms with Crippen molar-refractivity contribution >= 4 is 29.3 Å². The van der Waals surface area contributed by atoms with Crippen LogP contribution in [0.4, 0.5) is 13.2 Å². The van der Waals surface area contributed by atoms with Gasteiger partial charge >= 0.3 is 12.1 Å². The lowest BCUT2D eigenvalue weighted by Crippen LogP contribution is -2.14. The molecule has 0 saturated carbocycles. The van der Waals surface area contributed by atoms with Crippen molar-refractivity contribution in [2.75, 3.05) is 6.26 Å². The quantitative estimate of drug-likeness (QED) is 0.831. The van der Waals surface area contributed by atoms with E-state index >= 15 is 0 Å². The molecule has 0 fully saturated rings. The summed E-state index contributed by atoms with van der Waals surface area (Å²) >= 11 is 6.36. The maximum atomic E-state index is 12.7. The van der Waals surface area contributed by atoms with E-state index in [0.717, 1.165) is 23.9 Å². The van der Waals surface area contributed by atoms with E-state index in [1.165, 1.54) is 6.26 Å². The fourth-order valence-corrected chi connectivity index (χ4v) is 2.30. The summed E-state index contributed by atoms with van der Waals surface area (Å²) in [6, 6.07) is 2.00. The van der Waals surface area contributed by atoms with Crippen LogP contribution in [-0.2, 0) is 6.18 Å². The molecule has 0 amide bonds. The van der Waals surface area contributed by atoms with Gasteiger partial charge in [0.2, 0.25) is 0 Å². The van der Waals surface area contributed by atoms with E-state index in [1.54, 1.807) is 0 Å². The van der Waals surface area contributed by atoms with Crippen molar-refractivity contribution in [3.05, 3.63) is 28.3 Å². The third-order valence-electron chi connectivity index (χ3n) is 1.83. The Kier molecular flexibility index (Phi) is 3.75. The highest BCUT2D eigenvalue weighted by atomic mass is 35.5. The number of alkyl halides is 3. The van der Waals surface area contributed by atoms with Crippen molar-refractivity contribution in [2.45, 2.75) is 11.1 Å². The number of hydrogen-bond donors (Lipinski definition) is 1. The number of carboxylic acid groups (broad SMARTS) is 1. The molecule has 0 aliphatic carbocycles. The van der Waals surface area contributed by atoms with Crippen LogP contribution in [0.1, 0.15) is 15.9 Å². The van der Waals surface area contributed by atoms with Crippen LogP contribution in [0.3, 0.4) is 0 Å². The lowest BCUT2D eigenvalue weighted by Gasteiger charge is -2.15. The molecule has 0 aliphatic rings. The molecule has 0 aliphatic heterocycles. The molecule has 1 rings (SSSR count). The van der Waals surface area contributed by atoms with Gasteiger partial charge in [0.25, 0.3) is 0 Å². The van der Waals surface area contributed by atoms with Gasteiger partial charge in [0, 0.05) is 4.90 Å². The Balaban J connectivity index is 3.61. The lowest BCUT2D eigenvalue weighted by molar-refractivity contribution is -0.140. The fraction of sp³-hybridized carbons (Fsp3) is 0.222. The number of aromatic carboxylic acids is 1. The van der Waals surface area contributed by atoms with Crippen molar-refractivity contribution in [1.29, 1.82) is 0 Å². The first-order valence-corrected chi connectivity index (χ1v) is 5.56. The van der Waals surface area contributed by atoms with Crippen molar-refractivity contribution in [2.24, 2.45) is 0 Å². The van der Waals surface area contributed by atoms with Crippen molar-refractivity contribution in [1.82, 2.24) is 0 Å². The van der Waals surface area contributed by atoms with Crippen LogP contribution >= 0.6 is 23.4 Å². The SMILES string of the molecule is CSc1c(Cl)ccc(C(=O)O)c1C(F)(F)F. The fourth-order valence-electron chi connectivity index (χ4n) is 1.22. The minimum Gasteiger partial charge on any atom is -0.478 e. The zero-order valence-corrected chi connectivity index (χ0v) is 9.50. The highest BCUT2D eigenvalue weighted by molar-refractivity contribution is 7.98. The number of carboxylic acids is 1. The number of carbonyl (C=O) groups is 1. The smallest absolute Gasteiger partial charge is 0.418 e. The van der Waals surface area contributed by atoms with Gasteiger partial charge in [-0.1, -0.05) is 11.6 Å². The van der Waals surface area contributed by atoms with E-state index in [-0.39, 0.29) is 9.92 Å². The third-order valence-corrected chi connectivity index (χ3v) is 3.09. The minimum absolute atomic E-state index is 0.107. The molecule has 16 heavy (non-hydrogen) atoms. The Hall–Kier alpha value is -0.880. The molecule has 1 aromatic rings. The second-order valence-corrected chi connectivity index (χ2v) is 4.03. The lowest BCUT2D eigenvalue weighted by atomic mass is 10.1. The van der Waals surface area contributed by atoms with Crippen LogP contribution in [0.2, 0.25) is 5.02 Å². The monoisotopic (exact) mass is 270 g/mol. The molecule has 1 aromatic carbocycles. The number of thioether (sulfide) groups is 1. The number of hydrogen-bond acceptors (Lipinski definition) is 2. The molecular formula is C9H6ClF3O2S. The maximum Gasteiger partial charge on any atom is 0.418 e. The van der Waals surface area contributed by atoms with Crippen LogP contribution in [0.15, 0.2) is 17.0 Å². The van der Waals surface area contributed by atoms with Crippen LogP contribution in [0.5, 0.6) is 0 Å². The van der Waals surface area contributed by atoms with Crippen molar-refractivity contribution < 1.29 is 23.1 Å². The van der Waals surface area contributed by atoms with Gasteiger partial charge in [-0.05, 0) is 18.4 Å². The van der Waals surface area contributed by atoms with E-state index in [2.05, 4.69) is 0 Å². The molecule has 7 heteroatoms. The Bertz CT molecular complexity index is 431. The Morgan fingerprint density at radius 3 is 2.38 bits per heavy atom. The standard InChI is InChI=1S/C9H6ClF3O2S/c1-16-7-5(10)3-2-4(8(14)15)6(7)9(11,12)13/h2-3H,1H3,(H,14,15). The topological polar surface area (TPSA) is 37.3 Å². The van der Waals surface area contributed by atoms with Crippen LogP contribution in [0, 0.1) is 0 Å². The van der Waals surface area contributed by atoms with Crippen LogP contribution in [-0.4, -0.2) is 17.3 Å². The predicted molar refractivity (Wildman–Crippen MR) is 55.2 cm³/mol. The van der Waals surface area contributed by atoms with Crippen LogP contribution in [0.25, 0.3) is 0 Å². The highest BCUT2D eigenvalue weighted by Gasteiger charge is 2.38. The normalized spacial score (nSPS) is 11.6. The number of halogens is 4. The average Bonchev–Trinajstić information content (AvgIpc) is 2.15. The van der Waals surface area contributed by atoms with Gasteiger partial charge in [-0.15, -0.1) is 11.8 Å². The summed E-state index contributed by atoms with van der Waals surface area (Å²) in [6.07, 6.45) is -3.33. The summed E-state index contributed by atoms with van der Waals surface area (Å²) in [4.78, 5) is 10.4. The van der Waals surface area contributed by atoms with E-state index in [0.29, 0.717) is 0 Å². The van der Waals surface area contributed by atoms with Gasteiger partial charge < -0.3 is 5.11 Å². The maximum absolute atomic E-state index is 12.7. The third kappa shape index (κ3) is 2.44. The van der Waals surface area contributed by atoms with Gasteiger partial charge in [-0.25, -0.2) is 4.79 Å². The van der Waals surface area contributed by atoms with E-state index in [4.69, 9.17) is 16.7 Å². The summed E-state index contributed by atoms with van der Waals surface area (Å²) in [5, 5.41) is 8.58.